The Kier molecular flexibility index (Phi) is 6.01. The predicted molar refractivity (Wildman–Crippen MR) is 107 cm³/mol. The fourth-order valence-electron chi connectivity index (χ4n) is 3.31. The number of benzene rings is 2. The summed E-state index contributed by atoms with van der Waals surface area (Å²) >= 11 is 0. The molecule has 8 nitrogen and oxygen atoms in total. The molecule has 0 fully saturated rings. The highest BCUT2D eigenvalue weighted by molar-refractivity contribution is 5.88. The maximum atomic E-state index is 12.7. The number of ether oxygens (including phenoxy) is 2. The van der Waals surface area contributed by atoms with Gasteiger partial charge in [-0.15, -0.1) is 0 Å². The van der Waals surface area contributed by atoms with Gasteiger partial charge in [-0.3, -0.25) is 14.3 Å². The van der Waals surface area contributed by atoms with Crippen molar-refractivity contribution in [1.82, 2.24) is 15.1 Å². The number of aryl methyl sites for hydroxylation is 1. The Balaban J connectivity index is 1.83. The van der Waals surface area contributed by atoms with Gasteiger partial charge in [0.2, 0.25) is 5.91 Å². The standard InChI is InChI=1S/C21H23N3O5/c1-24-17-7-5-4-6-14(17)16(23-24)11-20(25)22-15(12-21(26)27)13-8-9-18(28-2)19(10-13)29-3/h4-10,15H,11-12H2,1-3H3,(H,22,25)(H,26,27). The molecule has 0 spiro atoms. The van der Waals surface area contributed by atoms with Crippen LogP contribution in [0, 0.1) is 0 Å². The third-order valence-electron chi connectivity index (χ3n) is 4.69. The smallest absolute Gasteiger partial charge is 0.305 e. The van der Waals surface area contributed by atoms with Crippen molar-refractivity contribution in [3.05, 3.63) is 53.7 Å². The number of fused-ring (bicyclic) bond motifs is 1. The van der Waals surface area contributed by atoms with Gasteiger partial charge in [0.05, 0.1) is 44.3 Å². The summed E-state index contributed by atoms with van der Waals surface area (Å²) in [4.78, 5) is 24.1. The van der Waals surface area contributed by atoms with E-state index in [2.05, 4.69) is 10.4 Å². The van der Waals surface area contributed by atoms with Gasteiger partial charge in [0.1, 0.15) is 0 Å². The molecule has 8 heteroatoms. The minimum Gasteiger partial charge on any atom is -0.493 e. The van der Waals surface area contributed by atoms with E-state index in [0.717, 1.165) is 10.9 Å². The first kappa shape index (κ1) is 20.2. The molecule has 152 valence electrons. The third kappa shape index (κ3) is 4.48. The quantitative estimate of drug-likeness (QED) is 0.605. The van der Waals surface area contributed by atoms with E-state index >= 15 is 0 Å². The molecule has 1 unspecified atom stereocenters. The van der Waals surface area contributed by atoms with Gasteiger partial charge in [0, 0.05) is 12.4 Å². The van der Waals surface area contributed by atoms with Crippen LogP contribution in [0.4, 0.5) is 0 Å². The molecule has 0 saturated heterocycles. The lowest BCUT2D eigenvalue weighted by atomic mass is 10.0. The lowest BCUT2D eigenvalue weighted by Crippen LogP contribution is -2.31. The van der Waals surface area contributed by atoms with Crippen molar-refractivity contribution in [1.29, 1.82) is 0 Å². The second kappa shape index (κ2) is 8.64. The average Bonchev–Trinajstić information content (AvgIpc) is 3.02. The SMILES string of the molecule is COc1ccc(C(CC(=O)O)NC(=O)Cc2nn(C)c3ccccc23)cc1OC. The number of hydrogen-bond donors (Lipinski definition) is 2. The molecular formula is C21H23N3O5. The molecule has 1 heterocycles. The summed E-state index contributed by atoms with van der Waals surface area (Å²) in [5.74, 6) is -0.342. The van der Waals surface area contributed by atoms with Crippen LogP contribution in [0.2, 0.25) is 0 Å². The number of carboxylic acids is 1. The van der Waals surface area contributed by atoms with E-state index in [1.54, 1.807) is 22.9 Å². The number of aromatic nitrogens is 2. The molecule has 2 aromatic carbocycles. The molecule has 0 aliphatic rings. The molecule has 3 aromatic rings. The summed E-state index contributed by atoms with van der Waals surface area (Å²) < 4.78 is 12.2. The second-order valence-electron chi connectivity index (χ2n) is 6.60. The van der Waals surface area contributed by atoms with Gasteiger partial charge in [0.25, 0.3) is 0 Å². The topological polar surface area (TPSA) is 103 Å². The maximum absolute atomic E-state index is 12.7. The van der Waals surface area contributed by atoms with Crippen LogP contribution in [0.3, 0.4) is 0 Å². The maximum Gasteiger partial charge on any atom is 0.305 e. The molecule has 29 heavy (non-hydrogen) atoms. The molecule has 3 rings (SSSR count). The number of rotatable bonds is 8. The second-order valence-corrected chi connectivity index (χ2v) is 6.60. The van der Waals surface area contributed by atoms with Crippen molar-refractivity contribution in [2.45, 2.75) is 18.9 Å². The van der Waals surface area contributed by atoms with Crippen LogP contribution in [0.25, 0.3) is 10.9 Å². The molecule has 2 N–H and O–H groups in total. The van der Waals surface area contributed by atoms with Gasteiger partial charge in [-0.25, -0.2) is 0 Å². The number of aliphatic carboxylic acids is 1. The van der Waals surface area contributed by atoms with Gasteiger partial charge in [-0.05, 0) is 23.8 Å². The molecule has 0 aliphatic carbocycles. The number of hydrogen-bond acceptors (Lipinski definition) is 5. The summed E-state index contributed by atoms with van der Waals surface area (Å²) in [6.45, 7) is 0. The van der Waals surface area contributed by atoms with E-state index in [-0.39, 0.29) is 18.7 Å². The van der Waals surface area contributed by atoms with Gasteiger partial charge in [-0.2, -0.15) is 5.10 Å². The zero-order valence-electron chi connectivity index (χ0n) is 16.5. The van der Waals surface area contributed by atoms with Crippen LogP contribution in [-0.4, -0.2) is 41.0 Å². The highest BCUT2D eigenvalue weighted by atomic mass is 16.5. The Morgan fingerprint density at radius 3 is 2.55 bits per heavy atom. The van der Waals surface area contributed by atoms with Crippen LogP contribution in [-0.2, 0) is 23.1 Å². The zero-order chi connectivity index (χ0) is 21.0. The van der Waals surface area contributed by atoms with Crippen molar-refractivity contribution in [3.8, 4) is 11.5 Å². The molecule has 1 atom stereocenters. The number of amides is 1. The van der Waals surface area contributed by atoms with E-state index in [4.69, 9.17) is 9.47 Å². The molecule has 0 aliphatic heterocycles. The molecular weight excluding hydrogens is 374 g/mol. The minimum atomic E-state index is -1.02. The van der Waals surface area contributed by atoms with Gasteiger partial charge >= 0.3 is 5.97 Å². The number of para-hydroxylation sites is 1. The van der Waals surface area contributed by atoms with E-state index in [1.807, 2.05) is 31.3 Å². The number of nitrogens with zero attached hydrogens (tertiary/aromatic N) is 2. The van der Waals surface area contributed by atoms with E-state index in [0.29, 0.717) is 22.8 Å². The largest absolute Gasteiger partial charge is 0.493 e. The first-order valence-electron chi connectivity index (χ1n) is 9.06. The Morgan fingerprint density at radius 1 is 1.14 bits per heavy atom. The molecule has 1 amide bonds. The van der Waals surface area contributed by atoms with E-state index in [9.17, 15) is 14.7 Å². The van der Waals surface area contributed by atoms with Gasteiger partial charge in [0.15, 0.2) is 11.5 Å². The summed E-state index contributed by atoms with van der Waals surface area (Å²) in [7, 11) is 4.84. The van der Waals surface area contributed by atoms with E-state index in [1.165, 1.54) is 14.2 Å². The van der Waals surface area contributed by atoms with Crippen LogP contribution in [0.1, 0.15) is 23.7 Å². The normalized spacial score (nSPS) is 11.8. The molecule has 0 radical (unpaired) electrons. The van der Waals surface area contributed by atoms with Crippen LogP contribution in [0.15, 0.2) is 42.5 Å². The summed E-state index contributed by atoms with van der Waals surface area (Å²) in [5, 5.41) is 17.4. The van der Waals surface area contributed by atoms with Crippen LogP contribution in [0.5, 0.6) is 11.5 Å². The van der Waals surface area contributed by atoms with Crippen molar-refractivity contribution in [2.75, 3.05) is 14.2 Å². The van der Waals surface area contributed by atoms with E-state index < -0.39 is 12.0 Å². The first-order valence-corrected chi connectivity index (χ1v) is 9.06. The molecule has 0 saturated carbocycles. The molecule has 0 bridgehead atoms. The minimum absolute atomic E-state index is 0.0464. The highest BCUT2D eigenvalue weighted by Crippen LogP contribution is 2.31. The van der Waals surface area contributed by atoms with Crippen molar-refractivity contribution < 1.29 is 24.2 Å². The number of carbonyl (C=O) groups excluding carboxylic acids is 1. The number of carboxylic acid groups (broad SMARTS) is 1. The zero-order valence-corrected chi connectivity index (χ0v) is 16.5. The monoisotopic (exact) mass is 397 g/mol. The third-order valence-corrected chi connectivity index (χ3v) is 4.69. The highest BCUT2D eigenvalue weighted by Gasteiger charge is 2.21. The Hall–Kier alpha value is -3.55. The van der Waals surface area contributed by atoms with Crippen molar-refractivity contribution >= 4 is 22.8 Å². The lowest BCUT2D eigenvalue weighted by molar-refractivity contribution is -0.137. The number of methoxy groups -OCH3 is 2. The molecule has 1 aromatic heterocycles. The first-order chi connectivity index (χ1) is 13.9. The summed E-state index contributed by atoms with van der Waals surface area (Å²) in [6, 6.07) is 12.0. The van der Waals surface area contributed by atoms with Crippen molar-refractivity contribution in [2.24, 2.45) is 7.05 Å². The van der Waals surface area contributed by atoms with Crippen LogP contribution < -0.4 is 14.8 Å². The predicted octanol–water partition coefficient (Wildman–Crippen LogP) is 2.47. The average molecular weight is 397 g/mol. The van der Waals surface area contributed by atoms with Crippen molar-refractivity contribution in [3.63, 3.8) is 0 Å². The fourth-order valence-corrected chi connectivity index (χ4v) is 3.31. The Morgan fingerprint density at radius 2 is 1.86 bits per heavy atom. The van der Waals surface area contributed by atoms with Gasteiger partial charge in [-0.1, -0.05) is 24.3 Å². The van der Waals surface area contributed by atoms with Gasteiger partial charge < -0.3 is 19.9 Å². The summed E-state index contributed by atoms with van der Waals surface area (Å²) in [5.41, 5.74) is 2.18. The lowest BCUT2D eigenvalue weighted by Gasteiger charge is -2.19. The van der Waals surface area contributed by atoms with Crippen LogP contribution >= 0.6 is 0 Å². The number of carbonyl (C=O) groups is 2. The fraction of sp³-hybridized carbons (Fsp3) is 0.286. The Bertz CT molecular complexity index is 1040. The summed E-state index contributed by atoms with van der Waals surface area (Å²) in [6.07, 6.45) is -0.213. The number of nitrogens with one attached hydrogen (secondary N) is 1. The Labute approximate surface area is 168 Å².